The molecule has 1 aromatic carbocycles. The minimum atomic E-state index is 0.275. The van der Waals surface area contributed by atoms with Crippen LogP contribution in [0.15, 0.2) is 48.4 Å². The Kier molecular flexibility index (Phi) is 3.31. The molecule has 1 N–H and O–H groups in total. The molecule has 1 aromatic heterocycles. The third-order valence-electron chi connectivity index (χ3n) is 2.19. The van der Waals surface area contributed by atoms with Crippen LogP contribution in [-0.4, -0.2) is 20.9 Å². The van der Waals surface area contributed by atoms with Crippen LogP contribution >= 0.6 is 11.8 Å². The number of imidazole rings is 1. The Labute approximate surface area is 98.4 Å². The molecule has 0 atom stereocenters. The zero-order chi connectivity index (χ0) is 11.4. The Morgan fingerprint density at radius 2 is 2.25 bits per heavy atom. The van der Waals surface area contributed by atoms with Gasteiger partial charge in [0.2, 0.25) is 0 Å². The molecule has 0 aliphatic carbocycles. The second-order valence-corrected chi connectivity index (χ2v) is 3.93. The summed E-state index contributed by atoms with van der Waals surface area (Å²) >= 11 is 1.59. The molecule has 2 aromatic rings. The summed E-state index contributed by atoms with van der Waals surface area (Å²) in [5.74, 6) is 0.275. The van der Waals surface area contributed by atoms with E-state index in [1.807, 2.05) is 40.6 Å². The highest BCUT2D eigenvalue weighted by atomic mass is 32.2. The van der Waals surface area contributed by atoms with E-state index in [1.54, 1.807) is 30.4 Å². The quantitative estimate of drug-likeness (QED) is 0.884. The molecule has 2 rings (SSSR count). The van der Waals surface area contributed by atoms with Gasteiger partial charge in [-0.15, -0.1) is 11.8 Å². The van der Waals surface area contributed by atoms with E-state index in [9.17, 15) is 5.11 Å². The lowest BCUT2D eigenvalue weighted by molar-refractivity contribution is 0.473. The molecule has 0 unspecified atom stereocenters. The van der Waals surface area contributed by atoms with E-state index < -0.39 is 0 Å². The Bertz CT molecular complexity index is 491. The van der Waals surface area contributed by atoms with Crippen molar-refractivity contribution in [1.29, 1.82) is 0 Å². The Morgan fingerprint density at radius 1 is 1.44 bits per heavy atom. The molecule has 0 fully saturated rings. The first-order chi connectivity index (χ1) is 7.83. The smallest absolute Gasteiger partial charge is 0.124 e. The highest BCUT2D eigenvalue weighted by Crippen LogP contribution is 2.27. The van der Waals surface area contributed by atoms with Gasteiger partial charge in [-0.1, -0.05) is 12.1 Å². The summed E-state index contributed by atoms with van der Waals surface area (Å²) in [6, 6.07) is 7.28. The number of para-hydroxylation sites is 1. The summed E-state index contributed by atoms with van der Waals surface area (Å²) in [6.07, 6.45) is 7.27. The average molecular weight is 232 g/mol. The third-order valence-corrected chi connectivity index (χ3v) is 2.65. The number of nitrogens with zero attached hydrogens (tertiary/aromatic N) is 2. The van der Waals surface area contributed by atoms with Gasteiger partial charge in [-0.3, -0.25) is 0 Å². The highest BCUT2D eigenvalue weighted by Gasteiger charge is 2.07. The molecule has 0 saturated carbocycles. The number of benzene rings is 1. The maximum Gasteiger partial charge on any atom is 0.124 e. The number of hydrogen-bond acceptors (Lipinski definition) is 3. The molecule has 0 radical (unpaired) electrons. The van der Waals surface area contributed by atoms with Crippen LogP contribution in [0.4, 0.5) is 0 Å². The minimum Gasteiger partial charge on any atom is -0.507 e. The van der Waals surface area contributed by atoms with Crippen molar-refractivity contribution in [2.45, 2.75) is 0 Å². The molecule has 0 spiro atoms. The van der Waals surface area contributed by atoms with Crippen molar-refractivity contribution in [3.63, 3.8) is 0 Å². The van der Waals surface area contributed by atoms with Crippen molar-refractivity contribution in [2.24, 2.45) is 0 Å². The number of phenols is 1. The third kappa shape index (κ3) is 2.12. The maximum atomic E-state index is 9.82. The summed E-state index contributed by atoms with van der Waals surface area (Å²) in [5, 5.41) is 11.8. The standard InChI is InChI=1S/C12H12N2OS/c1-16-8-11(14-7-6-13-9-14)10-4-2-3-5-12(10)15/h2-9,15H,1H3/b11-8-. The van der Waals surface area contributed by atoms with E-state index in [4.69, 9.17) is 0 Å². The van der Waals surface area contributed by atoms with E-state index in [0.29, 0.717) is 0 Å². The van der Waals surface area contributed by atoms with Gasteiger partial charge < -0.3 is 9.67 Å². The molecule has 16 heavy (non-hydrogen) atoms. The fourth-order valence-electron chi connectivity index (χ4n) is 1.47. The van der Waals surface area contributed by atoms with Gasteiger partial charge in [-0.25, -0.2) is 4.98 Å². The number of hydrogen-bond donors (Lipinski definition) is 1. The molecule has 0 aliphatic rings. The molecule has 0 aliphatic heterocycles. The van der Waals surface area contributed by atoms with Crippen molar-refractivity contribution in [2.75, 3.05) is 6.26 Å². The van der Waals surface area contributed by atoms with Crippen molar-refractivity contribution in [3.05, 3.63) is 54.0 Å². The zero-order valence-corrected chi connectivity index (χ0v) is 9.69. The van der Waals surface area contributed by atoms with Crippen LogP contribution in [0.2, 0.25) is 0 Å². The first-order valence-corrected chi connectivity index (χ1v) is 6.11. The van der Waals surface area contributed by atoms with Gasteiger partial charge in [-0.2, -0.15) is 0 Å². The van der Waals surface area contributed by atoms with Crippen LogP contribution in [0, 0.1) is 0 Å². The fraction of sp³-hybridized carbons (Fsp3) is 0.0833. The number of aromatic hydroxyl groups is 1. The Balaban J connectivity index is 2.50. The number of aromatic nitrogens is 2. The van der Waals surface area contributed by atoms with Gasteiger partial charge in [-0.05, 0) is 23.8 Å². The predicted molar refractivity (Wildman–Crippen MR) is 67.2 cm³/mol. The number of thioether (sulfide) groups is 1. The topological polar surface area (TPSA) is 38.0 Å². The lowest BCUT2D eigenvalue weighted by Gasteiger charge is -2.09. The molecule has 0 amide bonds. The number of rotatable bonds is 3. The van der Waals surface area contributed by atoms with E-state index in [2.05, 4.69) is 4.98 Å². The van der Waals surface area contributed by atoms with Gasteiger partial charge >= 0.3 is 0 Å². The van der Waals surface area contributed by atoms with Gasteiger partial charge in [0, 0.05) is 18.0 Å². The van der Waals surface area contributed by atoms with Gasteiger partial charge in [0.15, 0.2) is 0 Å². The first-order valence-electron chi connectivity index (χ1n) is 4.82. The predicted octanol–water partition coefficient (Wildman–Crippen LogP) is 2.80. The lowest BCUT2D eigenvalue weighted by atomic mass is 10.1. The molecular formula is C12H12N2OS. The molecule has 1 heterocycles. The summed E-state index contributed by atoms with van der Waals surface area (Å²) in [6.45, 7) is 0. The molecule has 0 saturated heterocycles. The van der Waals surface area contributed by atoms with Crippen LogP contribution in [0.1, 0.15) is 5.56 Å². The minimum absolute atomic E-state index is 0.275. The number of phenolic OH excluding ortho intramolecular Hbond substituents is 1. The molecule has 4 heteroatoms. The van der Waals surface area contributed by atoms with Crippen molar-refractivity contribution in [1.82, 2.24) is 9.55 Å². The Hall–Kier alpha value is -1.68. The van der Waals surface area contributed by atoms with Crippen molar-refractivity contribution < 1.29 is 5.11 Å². The molecule has 3 nitrogen and oxygen atoms in total. The maximum absolute atomic E-state index is 9.82. The highest BCUT2D eigenvalue weighted by molar-refractivity contribution is 8.01. The first kappa shape index (κ1) is 10.8. The van der Waals surface area contributed by atoms with Crippen LogP contribution in [0.5, 0.6) is 5.75 Å². The summed E-state index contributed by atoms with van der Waals surface area (Å²) in [4.78, 5) is 4.01. The average Bonchev–Trinajstić information content (AvgIpc) is 2.80. The van der Waals surface area contributed by atoms with Crippen LogP contribution in [0.3, 0.4) is 0 Å². The van der Waals surface area contributed by atoms with E-state index in [0.717, 1.165) is 11.3 Å². The second-order valence-electron chi connectivity index (χ2n) is 3.23. The van der Waals surface area contributed by atoms with Crippen LogP contribution < -0.4 is 0 Å². The largest absolute Gasteiger partial charge is 0.507 e. The van der Waals surface area contributed by atoms with Crippen molar-refractivity contribution in [3.8, 4) is 5.75 Å². The summed E-state index contributed by atoms with van der Waals surface area (Å²) < 4.78 is 1.88. The van der Waals surface area contributed by atoms with E-state index in [-0.39, 0.29) is 5.75 Å². The van der Waals surface area contributed by atoms with E-state index in [1.165, 1.54) is 0 Å². The molecular weight excluding hydrogens is 220 g/mol. The lowest BCUT2D eigenvalue weighted by Crippen LogP contribution is -1.95. The SMILES string of the molecule is CS/C=C(/c1ccccc1O)n1ccnc1. The second kappa shape index (κ2) is 4.90. The van der Waals surface area contributed by atoms with Crippen molar-refractivity contribution >= 4 is 17.5 Å². The zero-order valence-electron chi connectivity index (χ0n) is 8.87. The summed E-state index contributed by atoms with van der Waals surface area (Å²) in [7, 11) is 0. The Morgan fingerprint density at radius 3 is 2.88 bits per heavy atom. The van der Waals surface area contributed by atoms with Gasteiger partial charge in [0.1, 0.15) is 5.75 Å². The monoisotopic (exact) mass is 232 g/mol. The van der Waals surface area contributed by atoms with Gasteiger partial charge in [0.05, 0.1) is 12.0 Å². The molecule has 0 bridgehead atoms. The van der Waals surface area contributed by atoms with Crippen LogP contribution in [-0.2, 0) is 0 Å². The van der Waals surface area contributed by atoms with Gasteiger partial charge in [0.25, 0.3) is 0 Å². The normalized spacial score (nSPS) is 11.7. The fourth-order valence-corrected chi connectivity index (χ4v) is 1.94. The van der Waals surface area contributed by atoms with E-state index >= 15 is 0 Å². The summed E-state index contributed by atoms with van der Waals surface area (Å²) in [5.41, 5.74) is 1.72. The van der Waals surface area contributed by atoms with Crippen LogP contribution in [0.25, 0.3) is 5.70 Å². The molecule has 82 valence electrons.